The summed E-state index contributed by atoms with van der Waals surface area (Å²) in [5.41, 5.74) is 9.34. The summed E-state index contributed by atoms with van der Waals surface area (Å²) >= 11 is 0. The Hall–Kier alpha value is -1.78. The van der Waals surface area contributed by atoms with Gasteiger partial charge < -0.3 is 4.57 Å². The van der Waals surface area contributed by atoms with Gasteiger partial charge in [0.05, 0.1) is 8.07 Å². The van der Waals surface area contributed by atoms with Crippen molar-refractivity contribution in [3.63, 3.8) is 0 Å². The molecular weight excluding hydrogens is 278 g/mol. The van der Waals surface area contributed by atoms with Gasteiger partial charge in [0.15, 0.2) is 0 Å². The highest BCUT2D eigenvalue weighted by Crippen LogP contribution is 2.22. The Morgan fingerprint density at radius 2 is 2.00 bits per heavy atom. The van der Waals surface area contributed by atoms with Crippen molar-refractivity contribution in [3.8, 4) is 0 Å². The lowest BCUT2D eigenvalue weighted by atomic mass is 10.3. The second kappa shape index (κ2) is 6.78. The molecule has 0 bridgehead atoms. The van der Waals surface area contributed by atoms with E-state index in [1.54, 1.807) is 0 Å². The molecule has 0 spiro atoms. The number of hydrogen-bond acceptors (Lipinski definition) is 2. The van der Waals surface area contributed by atoms with Crippen molar-refractivity contribution in [1.82, 2.24) is 9.55 Å². The van der Waals surface area contributed by atoms with E-state index in [2.05, 4.69) is 53.7 Å². The van der Waals surface area contributed by atoms with E-state index in [1.807, 2.05) is 6.20 Å². The Morgan fingerprint density at radius 3 is 2.62 bits per heavy atom. The number of fused-ring (bicyclic) bond motifs is 1. The van der Waals surface area contributed by atoms with Crippen molar-refractivity contribution in [2.45, 2.75) is 45.4 Å². The zero-order chi connectivity index (χ0) is 15.3. The predicted molar refractivity (Wildman–Crippen MR) is 90.6 cm³/mol. The van der Waals surface area contributed by atoms with E-state index in [0.29, 0.717) is 13.1 Å². The Kier molecular flexibility index (Phi) is 5.04. The zero-order valence-corrected chi connectivity index (χ0v) is 14.1. The summed E-state index contributed by atoms with van der Waals surface area (Å²) < 4.78 is 2.06. The van der Waals surface area contributed by atoms with Crippen LogP contribution in [-0.4, -0.2) is 24.2 Å². The number of rotatable bonds is 7. The molecule has 0 aliphatic rings. The van der Waals surface area contributed by atoms with E-state index >= 15 is 0 Å². The van der Waals surface area contributed by atoms with Gasteiger partial charge in [-0.25, -0.2) is 4.98 Å². The molecule has 0 fully saturated rings. The van der Waals surface area contributed by atoms with Crippen LogP contribution in [0.4, 0.5) is 0 Å². The molecule has 0 atom stereocenters. The number of nitrogens with zero attached hydrogens (tertiary/aromatic N) is 5. The first kappa shape index (κ1) is 15.6. The van der Waals surface area contributed by atoms with Crippen LogP contribution in [0.25, 0.3) is 21.5 Å². The van der Waals surface area contributed by atoms with E-state index in [1.165, 1.54) is 28.7 Å². The van der Waals surface area contributed by atoms with Gasteiger partial charge in [-0.2, -0.15) is 0 Å². The zero-order valence-electron chi connectivity index (χ0n) is 13.1. The van der Waals surface area contributed by atoms with E-state index in [-0.39, 0.29) is 0 Å². The second-order valence-electron chi connectivity index (χ2n) is 5.44. The maximum absolute atomic E-state index is 8.35. The Bertz CT molecular complexity index is 645. The molecule has 0 N–H and O–H groups in total. The smallest absolute Gasteiger partial charge is 0.139 e. The maximum Gasteiger partial charge on any atom is 0.139 e. The average Bonchev–Trinajstić information content (AvgIpc) is 2.93. The van der Waals surface area contributed by atoms with Crippen molar-refractivity contribution in [3.05, 3.63) is 35.0 Å². The molecule has 0 unspecified atom stereocenters. The normalized spacial score (nSPS) is 11.6. The van der Waals surface area contributed by atoms with Gasteiger partial charge in [0.25, 0.3) is 0 Å². The first-order chi connectivity index (χ1) is 10.2. The van der Waals surface area contributed by atoms with Gasteiger partial charge in [-0.15, -0.1) is 0 Å². The van der Waals surface area contributed by atoms with Gasteiger partial charge in [-0.1, -0.05) is 50.1 Å². The lowest BCUT2D eigenvalue weighted by Crippen LogP contribution is -2.45. The summed E-state index contributed by atoms with van der Waals surface area (Å²) in [4.78, 5) is 7.48. The second-order valence-corrected chi connectivity index (χ2v) is 10.7. The molecule has 6 heteroatoms. The molecular formula is C15H23N5Si. The molecule has 0 saturated heterocycles. The summed E-state index contributed by atoms with van der Waals surface area (Å²) in [5.74, 6) is 0. The summed E-state index contributed by atoms with van der Waals surface area (Å²) in [7, 11) is -1.37. The van der Waals surface area contributed by atoms with Crippen LogP contribution in [0.15, 0.2) is 29.6 Å². The van der Waals surface area contributed by atoms with Gasteiger partial charge in [0, 0.05) is 35.8 Å². The van der Waals surface area contributed by atoms with Crippen molar-refractivity contribution in [2.24, 2.45) is 5.11 Å². The van der Waals surface area contributed by atoms with Crippen molar-refractivity contribution in [2.75, 3.05) is 6.54 Å². The van der Waals surface area contributed by atoms with Gasteiger partial charge >= 0.3 is 0 Å². The lowest BCUT2D eigenvalue weighted by Gasteiger charge is -2.28. The van der Waals surface area contributed by atoms with E-state index in [4.69, 9.17) is 10.5 Å². The van der Waals surface area contributed by atoms with Gasteiger partial charge in [-0.05, 0) is 16.8 Å². The Balaban J connectivity index is 2.37. The van der Waals surface area contributed by atoms with Crippen molar-refractivity contribution < 1.29 is 0 Å². The first-order valence-corrected chi connectivity index (χ1v) is 10.3. The molecule has 112 valence electrons. The number of pyridine rings is 1. The summed E-state index contributed by atoms with van der Waals surface area (Å²) in [6.07, 6.45) is 4.11. The average molecular weight is 301 g/mol. The van der Waals surface area contributed by atoms with Gasteiger partial charge in [0.1, 0.15) is 5.65 Å². The lowest BCUT2D eigenvalue weighted by molar-refractivity contribution is 0.726. The summed E-state index contributed by atoms with van der Waals surface area (Å²) in [5, 5.41) is 6.25. The molecule has 0 aliphatic carbocycles. The van der Waals surface area contributed by atoms with E-state index in [0.717, 1.165) is 5.65 Å². The monoisotopic (exact) mass is 301 g/mol. The van der Waals surface area contributed by atoms with Crippen LogP contribution in [0, 0.1) is 0 Å². The Labute approximate surface area is 126 Å². The SMILES string of the molecule is CC[Si](CC)(CC)c1cnc2c(ccn2CCN=[N+]=[N-])c1. The number of hydrogen-bond donors (Lipinski definition) is 0. The molecule has 0 aromatic carbocycles. The van der Waals surface area contributed by atoms with Crippen LogP contribution in [0.3, 0.4) is 0 Å². The minimum absolute atomic E-state index is 0.460. The molecule has 2 aromatic heterocycles. The molecule has 5 nitrogen and oxygen atoms in total. The highest BCUT2D eigenvalue weighted by atomic mass is 28.3. The third-order valence-corrected chi connectivity index (χ3v) is 10.3. The van der Waals surface area contributed by atoms with Crippen LogP contribution >= 0.6 is 0 Å². The van der Waals surface area contributed by atoms with Crippen LogP contribution in [0.5, 0.6) is 0 Å². The fraction of sp³-hybridized carbons (Fsp3) is 0.533. The van der Waals surface area contributed by atoms with Crippen LogP contribution in [0.1, 0.15) is 20.8 Å². The minimum Gasteiger partial charge on any atom is -0.332 e. The molecule has 0 aliphatic heterocycles. The quantitative estimate of drug-likeness (QED) is 0.329. The molecule has 2 heterocycles. The third kappa shape index (κ3) is 2.96. The summed E-state index contributed by atoms with van der Waals surface area (Å²) in [6, 6.07) is 8.25. The molecule has 2 rings (SSSR count). The fourth-order valence-corrected chi connectivity index (χ4v) is 6.63. The van der Waals surface area contributed by atoms with Crippen molar-refractivity contribution in [1.29, 1.82) is 0 Å². The first-order valence-electron chi connectivity index (χ1n) is 7.67. The molecule has 0 saturated carbocycles. The fourth-order valence-electron chi connectivity index (χ4n) is 3.11. The van der Waals surface area contributed by atoms with Crippen LogP contribution < -0.4 is 5.19 Å². The van der Waals surface area contributed by atoms with Crippen LogP contribution in [-0.2, 0) is 6.54 Å². The molecule has 0 radical (unpaired) electrons. The molecule has 21 heavy (non-hydrogen) atoms. The van der Waals surface area contributed by atoms with Crippen molar-refractivity contribution >= 4 is 24.3 Å². The predicted octanol–water partition coefficient (Wildman–Crippen LogP) is 4.06. The Morgan fingerprint density at radius 1 is 1.29 bits per heavy atom. The topological polar surface area (TPSA) is 66.6 Å². The number of aromatic nitrogens is 2. The standard InChI is InChI=1S/C15H23N5Si/c1-4-21(5-2,6-3)14-11-13-7-9-20(10-8-18-19-16)15(13)17-12-14/h7,9,11-12H,4-6,8,10H2,1-3H3. The van der Waals surface area contributed by atoms with E-state index < -0.39 is 8.07 Å². The largest absolute Gasteiger partial charge is 0.332 e. The van der Waals surface area contributed by atoms with Gasteiger partial charge in [0.2, 0.25) is 0 Å². The maximum atomic E-state index is 8.35. The van der Waals surface area contributed by atoms with Gasteiger partial charge in [-0.3, -0.25) is 0 Å². The summed E-state index contributed by atoms with van der Waals surface area (Å²) in [6.45, 7) is 8.08. The highest BCUT2D eigenvalue weighted by Gasteiger charge is 2.29. The van der Waals surface area contributed by atoms with E-state index in [9.17, 15) is 0 Å². The highest BCUT2D eigenvalue weighted by molar-refractivity contribution is 6.91. The minimum atomic E-state index is -1.37. The van der Waals surface area contributed by atoms with Crippen LogP contribution in [0.2, 0.25) is 18.1 Å². The molecule has 0 amide bonds. The molecule has 2 aromatic rings. The third-order valence-electron chi connectivity index (χ3n) is 4.75. The number of azide groups is 1.